The molecule has 0 saturated carbocycles. The van der Waals surface area contributed by atoms with Gasteiger partial charge in [-0.3, -0.25) is 0 Å². The molecule has 110 valence electrons. The zero-order valence-corrected chi connectivity index (χ0v) is 13.7. The Morgan fingerprint density at radius 1 is 1.45 bits per heavy atom. The monoisotopic (exact) mass is 311 g/mol. The van der Waals surface area contributed by atoms with Crippen LogP contribution in [0.2, 0.25) is 5.02 Å². The Balaban J connectivity index is 2.17. The first-order chi connectivity index (χ1) is 9.52. The standard InChI is InChI=1S/C15H22ClN3S/c1-3-19-8-6-12(7-9-19)18(2)14-5-4-11(16)10-13(14)15(17)20/h4-5,10,12H,3,6-9H2,1-2H3,(H2,17,20). The normalized spacial score (nSPS) is 17.1. The zero-order valence-electron chi connectivity index (χ0n) is 12.1. The van der Waals surface area contributed by atoms with E-state index >= 15 is 0 Å². The van der Waals surface area contributed by atoms with Crippen molar-refractivity contribution in [2.24, 2.45) is 5.73 Å². The Bertz CT molecular complexity index is 484. The van der Waals surface area contributed by atoms with E-state index in [0.717, 1.165) is 30.9 Å². The lowest BCUT2D eigenvalue weighted by atomic mass is 10.0. The van der Waals surface area contributed by atoms with Crippen LogP contribution in [0.25, 0.3) is 0 Å². The minimum Gasteiger partial charge on any atom is -0.389 e. The average molecular weight is 312 g/mol. The van der Waals surface area contributed by atoms with Gasteiger partial charge in [-0.15, -0.1) is 0 Å². The van der Waals surface area contributed by atoms with Crippen molar-refractivity contribution >= 4 is 34.5 Å². The minimum atomic E-state index is 0.403. The number of benzene rings is 1. The number of hydrogen-bond acceptors (Lipinski definition) is 3. The summed E-state index contributed by atoms with van der Waals surface area (Å²) in [6.45, 7) is 5.66. The number of nitrogens with two attached hydrogens (primary N) is 1. The summed E-state index contributed by atoms with van der Waals surface area (Å²) < 4.78 is 0. The van der Waals surface area contributed by atoms with Crippen molar-refractivity contribution in [3.8, 4) is 0 Å². The highest BCUT2D eigenvalue weighted by Gasteiger charge is 2.23. The van der Waals surface area contributed by atoms with Gasteiger partial charge in [0.15, 0.2) is 0 Å². The smallest absolute Gasteiger partial charge is 0.106 e. The van der Waals surface area contributed by atoms with E-state index in [1.807, 2.05) is 18.2 Å². The fourth-order valence-electron chi connectivity index (χ4n) is 2.83. The summed E-state index contributed by atoms with van der Waals surface area (Å²) in [5.41, 5.74) is 7.78. The van der Waals surface area contributed by atoms with Gasteiger partial charge in [-0.05, 0) is 37.6 Å². The maximum atomic E-state index is 6.05. The Labute approximate surface area is 131 Å². The lowest BCUT2D eigenvalue weighted by Gasteiger charge is -2.38. The molecule has 5 heteroatoms. The summed E-state index contributed by atoms with van der Waals surface area (Å²) in [5, 5.41) is 0.672. The number of halogens is 1. The van der Waals surface area contributed by atoms with Crippen LogP contribution in [0.3, 0.4) is 0 Å². The molecule has 1 aliphatic rings. The molecular weight excluding hydrogens is 290 g/mol. The number of anilines is 1. The molecule has 0 spiro atoms. The quantitative estimate of drug-likeness (QED) is 0.867. The van der Waals surface area contributed by atoms with Crippen LogP contribution in [0.1, 0.15) is 25.3 Å². The second kappa shape index (κ2) is 6.74. The van der Waals surface area contributed by atoms with Gasteiger partial charge in [0.05, 0.1) is 0 Å². The molecule has 3 nitrogen and oxygen atoms in total. The van der Waals surface area contributed by atoms with E-state index in [1.54, 1.807) is 0 Å². The maximum Gasteiger partial charge on any atom is 0.106 e. The average Bonchev–Trinajstić information content (AvgIpc) is 2.46. The zero-order chi connectivity index (χ0) is 14.7. The van der Waals surface area contributed by atoms with Crippen LogP contribution in [-0.2, 0) is 0 Å². The summed E-state index contributed by atoms with van der Waals surface area (Å²) >= 11 is 11.2. The fraction of sp³-hybridized carbons (Fsp3) is 0.533. The Hall–Kier alpha value is -0.840. The maximum absolute atomic E-state index is 6.05. The lowest BCUT2D eigenvalue weighted by molar-refractivity contribution is 0.221. The first-order valence-corrected chi connectivity index (χ1v) is 7.86. The summed E-state index contributed by atoms with van der Waals surface area (Å²) in [6, 6.07) is 6.31. The summed E-state index contributed by atoms with van der Waals surface area (Å²) in [6.07, 6.45) is 2.34. The van der Waals surface area contributed by atoms with Crippen molar-refractivity contribution in [1.82, 2.24) is 4.90 Å². The van der Waals surface area contributed by atoms with Gasteiger partial charge < -0.3 is 15.5 Å². The highest BCUT2D eigenvalue weighted by atomic mass is 35.5. The van der Waals surface area contributed by atoms with Crippen LogP contribution in [0.5, 0.6) is 0 Å². The van der Waals surface area contributed by atoms with E-state index in [9.17, 15) is 0 Å². The van der Waals surface area contributed by atoms with Gasteiger partial charge in [-0.25, -0.2) is 0 Å². The van der Waals surface area contributed by atoms with E-state index in [-0.39, 0.29) is 0 Å². The van der Waals surface area contributed by atoms with Gasteiger partial charge in [0.2, 0.25) is 0 Å². The third-order valence-corrected chi connectivity index (χ3v) is 4.61. The molecule has 20 heavy (non-hydrogen) atoms. The second-order valence-corrected chi connectivity index (χ2v) is 6.18. The first-order valence-electron chi connectivity index (χ1n) is 7.07. The van der Waals surface area contributed by atoms with Crippen LogP contribution >= 0.6 is 23.8 Å². The van der Waals surface area contributed by atoms with Crippen LogP contribution in [-0.4, -0.2) is 42.6 Å². The number of rotatable bonds is 4. The Morgan fingerprint density at radius 3 is 2.65 bits per heavy atom. The third-order valence-electron chi connectivity index (χ3n) is 4.16. The molecule has 1 saturated heterocycles. The predicted octanol–water partition coefficient (Wildman–Crippen LogP) is 2.89. The molecule has 1 aromatic rings. The van der Waals surface area contributed by atoms with Crippen molar-refractivity contribution in [3.05, 3.63) is 28.8 Å². The molecule has 1 aliphatic heterocycles. The van der Waals surface area contributed by atoms with Crippen LogP contribution < -0.4 is 10.6 Å². The van der Waals surface area contributed by atoms with E-state index in [4.69, 9.17) is 29.6 Å². The first kappa shape index (κ1) is 15.5. The number of thiocarbonyl (C=S) groups is 1. The summed E-state index contributed by atoms with van der Waals surface area (Å²) in [5.74, 6) is 0. The molecule has 0 unspecified atom stereocenters. The molecule has 0 amide bonds. The van der Waals surface area contributed by atoms with Gasteiger partial charge in [-0.1, -0.05) is 30.7 Å². The van der Waals surface area contributed by atoms with Gasteiger partial charge in [0.25, 0.3) is 0 Å². The largest absolute Gasteiger partial charge is 0.389 e. The molecule has 1 aromatic carbocycles. The second-order valence-electron chi connectivity index (χ2n) is 5.30. The third kappa shape index (κ3) is 3.43. The van der Waals surface area contributed by atoms with Crippen LogP contribution in [0.15, 0.2) is 18.2 Å². The molecule has 0 atom stereocenters. The molecule has 0 radical (unpaired) electrons. The van der Waals surface area contributed by atoms with E-state index in [2.05, 4.69) is 23.8 Å². The molecule has 0 aromatic heterocycles. The molecule has 2 N–H and O–H groups in total. The van der Waals surface area contributed by atoms with Gasteiger partial charge >= 0.3 is 0 Å². The van der Waals surface area contributed by atoms with Crippen molar-refractivity contribution in [2.75, 3.05) is 31.6 Å². The fourth-order valence-corrected chi connectivity index (χ4v) is 3.17. The van der Waals surface area contributed by atoms with Gasteiger partial charge in [0, 0.05) is 42.5 Å². The predicted molar refractivity (Wildman–Crippen MR) is 90.9 cm³/mol. The highest BCUT2D eigenvalue weighted by molar-refractivity contribution is 7.80. The SMILES string of the molecule is CCN1CCC(N(C)c2ccc(Cl)cc2C(N)=S)CC1. The Morgan fingerprint density at radius 2 is 2.10 bits per heavy atom. The summed E-state index contributed by atoms with van der Waals surface area (Å²) in [4.78, 5) is 5.19. The topological polar surface area (TPSA) is 32.5 Å². The number of piperidine rings is 1. The number of hydrogen-bond donors (Lipinski definition) is 1. The van der Waals surface area contributed by atoms with E-state index < -0.39 is 0 Å². The van der Waals surface area contributed by atoms with Crippen molar-refractivity contribution in [3.63, 3.8) is 0 Å². The summed E-state index contributed by atoms with van der Waals surface area (Å²) in [7, 11) is 2.12. The molecular formula is C15H22ClN3S. The van der Waals surface area contributed by atoms with Crippen molar-refractivity contribution in [1.29, 1.82) is 0 Å². The minimum absolute atomic E-state index is 0.403. The van der Waals surface area contributed by atoms with E-state index in [1.165, 1.54) is 12.8 Å². The van der Waals surface area contributed by atoms with Gasteiger partial charge in [0.1, 0.15) is 4.99 Å². The molecule has 0 aliphatic carbocycles. The molecule has 1 heterocycles. The number of nitrogens with zero attached hydrogens (tertiary/aromatic N) is 2. The Kier molecular flexibility index (Phi) is 5.24. The van der Waals surface area contributed by atoms with Crippen molar-refractivity contribution in [2.45, 2.75) is 25.8 Å². The van der Waals surface area contributed by atoms with Gasteiger partial charge in [-0.2, -0.15) is 0 Å². The molecule has 0 bridgehead atoms. The molecule has 2 rings (SSSR count). The highest BCUT2D eigenvalue weighted by Crippen LogP contribution is 2.28. The van der Waals surface area contributed by atoms with Crippen LogP contribution in [0.4, 0.5) is 5.69 Å². The van der Waals surface area contributed by atoms with Crippen LogP contribution in [0, 0.1) is 0 Å². The molecule has 1 fully saturated rings. The van der Waals surface area contributed by atoms with E-state index in [0.29, 0.717) is 16.1 Å². The lowest BCUT2D eigenvalue weighted by Crippen LogP contribution is -2.43. The van der Waals surface area contributed by atoms with Crippen molar-refractivity contribution < 1.29 is 0 Å². The number of likely N-dealkylation sites (tertiary alicyclic amines) is 1.